The minimum Gasteiger partial charge on any atom is -0.486 e. The summed E-state index contributed by atoms with van der Waals surface area (Å²) in [7, 11) is 3.91. The lowest BCUT2D eigenvalue weighted by Gasteiger charge is -2.32. The molecule has 196 valence electrons. The van der Waals surface area contributed by atoms with Crippen molar-refractivity contribution in [2.45, 2.75) is 38.3 Å². The molecule has 1 N–H and O–H groups in total. The van der Waals surface area contributed by atoms with Crippen molar-refractivity contribution in [2.75, 3.05) is 43.7 Å². The van der Waals surface area contributed by atoms with E-state index in [4.69, 9.17) is 14.2 Å². The molecule has 3 aliphatic heterocycles. The Kier molecular flexibility index (Phi) is 6.58. The Labute approximate surface area is 216 Å². The summed E-state index contributed by atoms with van der Waals surface area (Å²) in [6.45, 7) is 4.71. The highest BCUT2D eigenvalue weighted by Crippen LogP contribution is 2.52. The highest BCUT2D eigenvalue weighted by atomic mass is 16.6. The molecule has 3 aliphatic rings. The molecule has 37 heavy (non-hydrogen) atoms. The van der Waals surface area contributed by atoms with Crippen LogP contribution in [0.2, 0.25) is 0 Å². The number of rotatable bonds is 7. The third kappa shape index (κ3) is 4.01. The zero-order valence-corrected chi connectivity index (χ0v) is 21.7. The van der Waals surface area contributed by atoms with Gasteiger partial charge in [-0.05, 0) is 43.2 Å². The van der Waals surface area contributed by atoms with Gasteiger partial charge in [-0.1, -0.05) is 25.5 Å². The van der Waals surface area contributed by atoms with Gasteiger partial charge >= 0.3 is 5.97 Å². The number of hydrogen-bond acceptors (Lipinski definition) is 8. The van der Waals surface area contributed by atoms with Crippen LogP contribution in [0.3, 0.4) is 0 Å². The molecule has 2 aromatic carbocycles. The summed E-state index contributed by atoms with van der Waals surface area (Å²) < 4.78 is 16.8. The molecular weight excluding hydrogens is 474 g/mol. The standard InChI is InChI=1S/C28H33N3O6/c1-5-13-28(27(34)35-6-2)23-22(24(29-28)17-7-9-18(10-8-17)30(3)4)25(32)31(26(23)33)19-11-12-20-21(16-19)37-15-14-36-20/h7-12,16,22-24,29H,5-6,13-15H2,1-4H3/t22-,23-,24+,28-/m0/s1. The molecular formula is C28H33N3O6. The van der Waals surface area contributed by atoms with Gasteiger partial charge in [-0.2, -0.15) is 0 Å². The van der Waals surface area contributed by atoms with Crippen molar-refractivity contribution in [1.29, 1.82) is 0 Å². The van der Waals surface area contributed by atoms with Crippen LogP contribution in [0.1, 0.15) is 38.3 Å². The maximum absolute atomic E-state index is 14.1. The quantitative estimate of drug-likeness (QED) is 0.451. The SMILES string of the molecule is CCC[C@]1(C(=O)OCC)N[C@H](c2ccc(N(C)C)cc2)[C@H]2C(=O)N(c3ccc4c(c3)OCCO4)C(=O)[C@H]21. The van der Waals surface area contributed by atoms with Gasteiger partial charge < -0.3 is 19.1 Å². The highest BCUT2D eigenvalue weighted by molar-refractivity contribution is 6.24. The lowest BCUT2D eigenvalue weighted by molar-refractivity contribution is -0.155. The number of carbonyl (C=O) groups is 3. The van der Waals surface area contributed by atoms with Crippen LogP contribution in [-0.4, -0.2) is 57.2 Å². The van der Waals surface area contributed by atoms with E-state index < -0.39 is 35.3 Å². The van der Waals surface area contributed by atoms with Crippen LogP contribution >= 0.6 is 0 Å². The van der Waals surface area contributed by atoms with Crippen molar-refractivity contribution in [3.63, 3.8) is 0 Å². The van der Waals surface area contributed by atoms with Crippen molar-refractivity contribution in [3.8, 4) is 11.5 Å². The van der Waals surface area contributed by atoms with Crippen LogP contribution in [0.4, 0.5) is 11.4 Å². The third-order valence-electron chi connectivity index (χ3n) is 7.49. The molecule has 5 rings (SSSR count). The summed E-state index contributed by atoms with van der Waals surface area (Å²) in [4.78, 5) is 44.8. The molecule has 0 saturated carbocycles. The van der Waals surface area contributed by atoms with Crippen LogP contribution in [0, 0.1) is 11.8 Å². The molecule has 9 heteroatoms. The van der Waals surface area contributed by atoms with Crippen LogP contribution in [0.15, 0.2) is 42.5 Å². The molecule has 9 nitrogen and oxygen atoms in total. The summed E-state index contributed by atoms with van der Waals surface area (Å²) in [6, 6.07) is 12.3. The molecule has 0 bridgehead atoms. The van der Waals surface area contributed by atoms with E-state index in [0.717, 1.165) is 11.3 Å². The Morgan fingerprint density at radius 3 is 2.41 bits per heavy atom. The number of amides is 2. The number of imide groups is 1. The number of benzene rings is 2. The summed E-state index contributed by atoms with van der Waals surface area (Å²) in [5.41, 5.74) is 0.947. The van der Waals surface area contributed by atoms with Gasteiger partial charge in [0.2, 0.25) is 11.8 Å². The summed E-state index contributed by atoms with van der Waals surface area (Å²) in [5, 5.41) is 3.44. The zero-order valence-electron chi connectivity index (χ0n) is 21.7. The average molecular weight is 508 g/mol. The zero-order chi connectivity index (χ0) is 26.3. The van der Waals surface area contributed by atoms with Crippen molar-refractivity contribution in [2.24, 2.45) is 11.8 Å². The molecule has 0 radical (unpaired) electrons. The van der Waals surface area contributed by atoms with Crippen molar-refractivity contribution in [3.05, 3.63) is 48.0 Å². The second-order valence-electron chi connectivity index (χ2n) is 9.89. The van der Waals surface area contributed by atoms with Crippen molar-refractivity contribution in [1.82, 2.24) is 5.32 Å². The number of hydrogen-bond donors (Lipinski definition) is 1. The van der Waals surface area contributed by atoms with E-state index >= 15 is 0 Å². The maximum atomic E-state index is 14.1. The Morgan fingerprint density at radius 2 is 1.76 bits per heavy atom. The van der Waals surface area contributed by atoms with Crippen LogP contribution in [-0.2, 0) is 19.1 Å². The minimum absolute atomic E-state index is 0.180. The van der Waals surface area contributed by atoms with E-state index in [-0.39, 0.29) is 12.5 Å². The van der Waals surface area contributed by atoms with Crippen molar-refractivity contribution < 1.29 is 28.6 Å². The number of nitrogens with one attached hydrogen (secondary N) is 1. The molecule has 2 amide bonds. The van der Waals surface area contributed by atoms with Gasteiger partial charge in [0.15, 0.2) is 11.5 Å². The second-order valence-corrected chi connectivity index (χ2v) is 9.89. The van der Waals surface area contributed by atoms with E-state index in [2.05, 4.69) is 5.32 Å². The Balaban J connectivity index is 1.60. The highest BCUT2D eigenvalue weighted by Gasteiger charge is 2.68. The normalized spacial score (nSPS) is 26.3. The van der Waals surface area contributed by atoms with E-state index in [0.29, 0.717) is 43.2 Å². The van der Waals surface area contributed by atoms with Crippen LogP contribution in [0.5, 0.6) is 11.5 Å². The Hall–Kier alpha value is -3.59. The molecule has 2 aromatic rings. The number of anilines is 2. The molecule has 0 aromatic heterocycles. The first-order valence-electron chi connectivity index (χ1n) is 12.8. The lowest BCUT2D eigenvalue weighted by Crippen LogP contribution is -2.56. The number of fused-ring (bicyclic) bond motifs is 2. The Morgan fingerprint density at radius 1 is 1.05 bits per heavy atom. The van der Waals surface area contributed by atoms with Gasteiger partial charge in [0.25, 0.3) is 0 Å². The lowest BCUT2D eigenvalue weighted by atomic mass is 9.77. The molecule has 0 spiro atoms. The van der Waals surface area contributed by atoms with E-state index in [9.17, 15) is 14.4 Å². The average Bonchev–Trinajstić information content (AvgIpc) is 3.38. The predicted molar refractivity (Wildman–Crippen MR) is 138 cm³/mol. The summed E-state index contributed by atoms with van der Waals surface area (Å²) >= 11 is 0. The van der Waals surface area contributed by atoms with Gasteiger partial charge in [0.1, 0.15) is 18.8 Å². The van der Waals surface area contributed by atoms with Crippen molar-refractivity contribution >= 4 is 29.2 Å². The third-order valence-corrected chi connectivity index (χ3v) is 7.49. The molecule has 4 atom stereocenters. The fraction of sp³-hybridized carbons (Fsp3) is 0.464. The monoisotopic (exact) mass is 507 g/mol. The van der Waals surface area contributed by atoms with Crippen LogP contribution in [0.25, 0.3) is 0 Å². The molecule has 0 unspecified atom stereocenters. The van der Waals surface area contributed by atoms with Gasteiger partial charge in [0, 0.05) is 31.9 Å². The van der Waals surface area contributed by atoms with Gasteiger partial charge in [0.05, 0.1) is 24.1 Å². The van der Waals surface area contributed by atoms with E-state index in [1.807, 2.05) is 50.2 Å². The summed E-state index contributed by atoms with van der Waals surface area (Å²) in [6.07, 6.45) is 1.00. The minimum atomic E-state index is -1.31. The van der Waals surface area contributed by atoms with Gasteiger partial charge in [-0.15, -0.1) is 0 Å². The van der Waals surface area contributed by atoms with Crippen LogP contribution < -0.4 is 24.6 Å². The first-order valence-corrected chi connectivity index (χ1v) is 12.8. The molecule has 0 aliphatic carbocycles. The first-order chi connectivity index (χ1) is 17.8. The van der Waals surface area contributed by atoms with Gasteiger partial charge in [-0.3, -0.25) is 19.7 Å². The van der Waals surface area contributed by atoms with Gasteiger partial charge in [-0.25, -0.2) is 4.90 Å². The van der Waals surface area contributed by atoms with E-state index in [1.165, 1.54) is 4.90 Å². The smallest absolute Gasteiger partial charge is 0.327 e. The Bertz CT molecular complexity index is 1210. The fourth-order valence-corrected chi connectivity index (χ4v) is 5.87. The number of nitrogens with zero attached hydrogens (tertiary/aromatic N) is 2. The molecule has 3 heterocycles. The largest absolute Gasteiger partial charge is 0.486 e. The summed E-state index contributed by atoms with van der Waals surface area (Å²) in [5.74, 6) is -1.85. The molecule has 2 saturated heterocycles. The predicted octanol–water partition coefficient (Wildman–Crippen LogP) is 3.08. The molecule has 2 fully saturated rings. The fourth-order valence-electron chi connectivity index (χ4n) is 5.87. The first kappa shape index (κ1) is 25.1. The van der Waals surface area contributed by atoms with E-state index in [1.54, 1.807) is 25.1 Å². The maximum Gasteiger partial charge on any atom is 0.327 e. The number of ether oxygens (including phenoxy) is 3. The number of esters is 1. The second kappa shape index (κ2) is 9.70. The topological polar surface area (TPSA) is 97.4 Å². The number of carbonyl (C=O) groups excluding carboxylic acids is 3.